The van der Waals surface area contributed by atoms with E-state index in [1.807, 2.05) is 44.2 Å². The molecule has 0 atom stereocenters. The Labute approximate surface area is 128 Å². The van der Waals surface area contributed by atoms with Gasteiger partial charge in [-0.3, -0.25) is 5.43 Å². The second-order valence-electron chi connectivity index (χ2n) is 4.49. The number of rotatable bonds is 5. The number of hydrogen-bond donors (Lipinski definition) is 1. The van der Waals surface area contributed by atoms with E-state index in [9.17, 15) is 4.79 Å². The van der Waals surface area contributed by atoms with Gasteiger partial charge in [0.1, 0.15) is 5.00 Å². The van der Waals surface area contributed by atoms with Crippen LogP contribution in [-0.4, -0.2) is 18.8 Å². The van der Waals surface area contributed by atoms with Gasteiger partial charge in [0.15, 0.2) is 0 Å². The SMILES string of the molecule is CCOC(=O)c1c(NN=Cc2ccccc2)sc(C)c1C. The van der Waals surface area contributed by atoms with E-state index >= 15 is 0 Å². The zero-order valence-electron chi connectivity index (χ0n) is 12.3. The van der Waals surface area contributed by atoms with Crippen molar-refractivity contribution in [2.45, 2.75) is 20.8 Å². The van der Waals surface area contributed by atoms with Crippen LogP contribution in [0.1, 0.15) is 33.3 Å². The minimum Gasteiger partial charge on any atom is -0.462 e. The van der Waals surface area contributed by atoms with Gasteiger partial charge in [0.05, 0.1) is 18.4 Å². The second-order valence-corrected chi connectivity index (χ2v) is 5.71. The minimum absolute atomic E-state index is 0.309. The van der Waals surface area contributed by atoms with Crippen molar-refractivity contribution in [1.82, 2.24) is 0 Å². The van der Waals surface area contributed by atoms with Crippen molar-refractivity contribution >= 4 is 28.5 Å². The predicted molar refractivity (Wildman–Crippen MR) is 87.4 cm³/mol. The molecule has 0 saturated carbocycles. The molecule has 0 radical (unpaired) electrons. The number of nitrogens with zero attached hydrogens (tertiary/aromatic N) is 1. The van der Waals surface area contributed by atoms with Crippen LogP contribution >= 0.6 is 11.3 Å². The third-order valence-electron chi connectivity index (χ3n) is 3.04. The lowest BCUT2D eigenvalue weighted by molar-refractivity contribution is 0.0527. The Bertz CT molecular complexity index is 648. The van der Waals surface area contributed by atoms with Crippen molar-refractivity contribution in [3.63, 3.8) is 0 Å². The minimum atomic E-state index is -0.309. The normalized spacial score (nSPS) is 10.8. The highest BCUT2D eigenvalue weighted by atomic mass is 32.1. The molecule has 2 aromatic rings. The van der Waals surface area contributed by atoms with E-state index in [0.29, 0.717) is 12.2 Å². The van der Waals surface area contributed by atoms with Gasteiger partial charge in [-0.25, -0.2) is 4.79 Å². The van der Waals surface area contributed by atoms with Crippen LogP contribution in [0.15, 0.2) is 35.4 Å². The highest BCUT2D eigenvalue weighted by molar-refractivity contribution is 7.16. The molecular formula is C16H18N2O2S. The summed E-state index contributed by atoms with van der Waals surface area (Å²) >= 11 is 1.50. The predicted octanol–water partition coefficient (Wildman–Crippen LogP) is 3.99. The van der Waals surface area contributed by atoms with Crippen LogP contribution in [0.2, 0.25) is 0 Å². The van der Waals surface area contributed by atoms with Gasteiger partial charge in [0.2, 0.25) is 0 Å². The Morgan fingerprint density at radius 1 is 1.33 bits per heavy atom. The summed E-state index contributed by atoms with van der Waals surface area (Å²) in [5, 5.41) is 4.92. The fourth-order valence-corrected chi connectivity index (χ4v) is 2.86. The molecule has 0 spiro atoms. The Balaban J connectivity index is 2.18. The molecular weight excluding hydrogens is 284 g/mol. The van der Waals surface area contributed by atoms with Gasteiger partial charge >= 0.3 is 5.97 Å². The average Bonchev–Trinajstić information content (AvgIpc) is 2.75. The van der Waals surface area contributed by atoms with E-state index in [0.717, 1.165) is 21.0 Å². The van der Waals surface area contributed by atoms with Crippen LogP contribution in [0.3, 0.4) is 0 Å². The summed E-state index contributed by atoms with van der Waals surface area (Å²) in [5.74, 6) is -0.309. The average molecular weight is 302 g/mol. The Morgan fingerprint density at radius 2 is 2.05 bits per heavy atom. The maximum atomic E-state index is 12.0. The van der Waals surface area contributed by atoms with Crippen LogP contribution < -0.4 is 5.43 Å². The van der Waals surface area contributed by atoms with E-state index in [-0.39, 0.29) is 5.97 Å². The quantitative estimate of drug-likeness (QED) is 0.516. The molecule has 0 bridgehead atoms. The van der Waals surface area contributed by atoms with Crippen molar-refractivity contribution in [3.05, 3.63) is 51.9 Å². The number of benzene rings is 1. The summed E-state index contributed by atoms with van der Waals surface area (Å²) in [6.07, 6.45) is 1.72. The maximum Gasteiger partial charge on any atom is 0.341 e. The molecule has 0 aliphatic heterocycles. The van der Waals surface area contributed by atoms with Crippen LogP contribution in [-0.2, 0) is 4.74 Å². The molecule has 110 valence electrons. The summed E-state index contributed by atoms with van der Waals surface area (Å²) in [7, 11) is 0. The number of hydrazone groups is 1. The van der Waals surface area contributed by atoms with Gasteiger partial charge in [0.25, 0.3) is 0 Å². The molecule has 21 heavy (non-hydrogen) atoms. The van der Waals surface area contributed by atoms with Crippen LogP contribution in [0, 0.1) is 13.8 Å². The number of nitrogens with one attached hydrogen (secondary N) is 1. The zero-order valence-corrected chi connectivity index (χ0v) is 13.2. The molecule has 0 saturated heterocycles. The summed E-state index contributed by atoms with van der Waals surface area (Å²) in [6, 6.07) is 9.77. The summed E-state index contributed by atoms with van der Waals surface area (Å²) in [5.41, 5.74) is 5.46. The first-order valence-electron chi connectivity index (χ1n) is 6.74. The molecule has 0 aliphatic carbocycles. The smallest absolute Gasteiger partial charge is 0.341 e. The molecule has 2 rings (SSSR count). The van der Waals surface area contributed by atoms with Gasteiger partial charge in [-0.15, -0.1) is 11.3 Å². The van der Waals surface area contributed by atoms with Gasteiger partial charge < -0.3 is 4.74 Å². The molecule has 0 amide bonds. The molecule has 0 fully saturated rings. The lowest BCUT2D eigenvalue weighted by Gasteiger charge is -2.04. The van der Waals surface area contributed by atoms with E-state index < -0.39 is 0 Å². The first kappa shape index (κ1) is 15.3. The van der Waals surface area contributed by atoms with Crippen molar-refractivity contribution in [2.24, 2.45) is 5.10 Å². The fourth-order valence-electron chi connectivity index (χ4n) is 1.86. The monoisotopic (exact) mass is 302 g/mol. The zero-order chi connectivity index (χ0) is 15.2. The van der Waals surface area contributed by atoms with Gasteiger partial charge in [0, 0.05) is 4.88 Å². The molecule has 1 aromatic carbocycles. The highest BCUT2D eigenvalue weighted by Crippen LogP contribution is 2.32. The van der Waals surface area contributed by atoms with E-state index in [4.69, 9.17) is 4.74 Å². The van der Waals surface area contributed by atoms with Gasteiger partial charge in [-0.05, 0) is 31.9 Å². The molecule has 1 heterocycles. The van der Waals surface area contributed by atoms with Crippen molar-refractivity contribution in [2.75, 3.05) is 12.0 Å². The number of ether oxygens (including phenoxy) is 1. The largest absolute Gasteiger partial charge is 0.462 e. The Morgan fingerprint density at radius 3 is 2.71 bits per heavy atom. The van der Waals surface area contributed by atoms with Crippen LogP contribution in [0.4, 0.5) is 5.00 Å². The van der Waals surface area contributed by atoms with Crippen molar-refractivity contribution < 1.29 is 9.53 Å². The highest BCUT2D eigenvalue weighted by Gasteiger charge is 2.20. The van der Waals surface area contributed by atoms with Crippen molar-refractivity contribution in [3.8, 4) is 0 Å². The first-order valence-corrected chi connectivity index (χ1v) is 7.56. The lowest BCUT2D eigenvalue weighted by atomic mass is 10.1. The van der Waals surface area contributed by atoms with Gasteiger partial charge in [-0.2, -0.15) is 5.10 Å². The van der Waals surface area contributed by atoms with E-state index in [2.05, 4.69) is 10.5 Å². The topological polar surface area (TPSA) is 50.7 Å². The summed E-state index contributed by atoms with van der Waals surface area (Å²) in [6.45, 7) is 6.06. The van der Waals surface area contributed by atoms with Crippen LogP contribution in [0.5, 0.6) is 0 Å². The van der Waals surface area contributed by atoms with Crippen molar-refractivity contribution in [1.29, 1.82) is 0 Å². The van der Waals surface area contributed by atoms with E-state index in [1.165, 1.54) is 11.3 Å². The Hall–Kier alpha value is -2.14. The number of thiophene rings is 1. The number of carbonyl (C=O) groups excluding carboxylic acids is 1. The molecule has 4 nitrogen and oxygen atoms in total. The third kappa shape index (κ3) is 3.70. The first-order chi connectivity index (χ1) is 10.1. The molecule has 1 aromatic heterocycles. The van der Waals surface area contributed by atoms with Gasteiger partial charge in [-0.1, -0.05) is 30.3 Å². The lowest BCUT2D eigenvalue weighted by Crippen LogP contribution is -2.07. The fraction of sp³-hybridized carbons (Fsp3) is 0.250. The third-order valence-corrected chi connectivity index (χ3v) is 4.16. The summed E-state index contributed by atoms with van der Waals surface area (Å²) < 4.78 is 5.10. The molecule has 5 heteroatoms. The number of carbonyl (C=O) groups is 1. The number of esters is 1. The second kappa shape index (κ2) is 7.04. The standard InChI is InChI=1S/C16H18N2O2S/c1-4-20-16(19)14-11(2)12(3)21-15(14)18-17-10-13-8-6-5-7-9-13/h5-10,18H,4H2,1-3H3. The molecule has 0 aliphatic rings. The van der Waals surface area contributed by atoms with Crippen LogP contribution in [0.25, 0.3) is 0 Å². The number of anilines is 1. The number of aryl methyl sites for hydroxylation is 1. The van der Waals surface area contributed by atoms with E-state index in [1.54, 1.807) is 13.1 Å². The molecule has 0 unspecified atom stereocenters. The Kier molecular flexibility index (Phi) is 5.11. The molecule has 1 N–H and O–H groups in total. The maximum absolute atomic E-state index is 12.0. The number of hydrogen-bond acceptors (Lipinski definition) is 5. The summed E-state index contributed by atoms with van der Waals surface area (Å²) in [4.78, 5) is 13.1.